The number of urea groups is 1. The van der Waals surface area contributed by atoms with Gasteiger partial charge in [-0.3, -0.25) is 0 Å². The van der Waals surface area contributed by atoms with E-state index in [9.17, 15) is 13.2 Å². The fourth-order valence-corrected chi connectivity index (χ4v) is 5.67. The van der Waals surface area contributed by atoms with Crippen molar-refractivity contribution in [3.05, 3.63) is 52.2 Å². The third-order valence-electron chi connectivity index (χ3n) is 4.93. The van der Waals surface area contributed by atoms with Crippen LogP contribution in [0.5, 0.6) is 0 Å². The second kappa shape index (κ2) is 9.54. The van der Waals surface area contributed by atoms with Gasteiger partial charge < -0.3 is 10.6 Å². The average Bonchev–Trinajstić information content (AvgIpc) is 3.26. The molecule has 2 N–H and O–H groups in total. The predicted molar refractivity (Wildman–Crippen MR) is 112 cm³/mol. The normalized spacial score (nSPS) is 16.5. The van der Waals surface area contributed by atoms with Gasteiger partial charge in [0.2, 0.25) is 10.0 Å². The smallest absolute Gasteiger partial charge is 0.315 e. The van der Waals surface area contributed by atoms with Gasteiger partial charge in [0.05, 0.1) is 10.9 Å². The van der Waals surface area contributed by atoms with Crippen molar-refractivity contribution in [1.29, 1.82) is 0 Å². The van der Waals surface area contributed by atoms with Crippen LogP contribution in [0.25, 0.3) is 0 Å². The zero-order chi connectivity index (χ0) is 20.0. The van der Waals surface area contributed by atoms with Crippen molar-refractivity contribution in [2.75, 3.05) is 13.1 Å². The van der Waals surface area contributed by atoms with Crippen LogP contribution in [0.15, 0.2) is 46.7 Å². The standard InChI is InChI=1S/C20H27N3O3S2/c1-2-18(19-7-6-14-27-19)22-20(24)21-15-16-8-10-17(11-9-16)28(25,26)23-12-4-3-5-13-23/h6-11,14,18H,2-5,12-13,15H2,1H3,(H2,21,22,24). The summed E-state index contributed by atoms with van der Waals surface area (Å²) in [7, 11) is -3.42. The number of thiophene rings is 1. The highest BCUT2D eigenvalue weighted by Gasteiger charge is 2.25. The molecule has 3 rings (SSSR count). The van der Waals surface area contributed by atoms with Crippen LogP contribution in [-0.2, 0) is 16.6 Å². The van der Waals surface area contributed by atoms with Crippen LogP contribution < -0.4 is 10.6 Å². The van der Waals surface area contributed by atoms with Gasteiger partial charge in [0.1, 0.15) is 0 Å². The molecule has 8 heteroatoms. The molecule has 0 aliphatic carbocycles. The fraction of sp³-hybridized carbons (Fsp3) is 0.450. The third-order valence-corrected chi connectivity index (χ3v) is 7.83. The van der Waals surface area contributed by atoms with Crippen LogP contribution in [0.4, 0.5) is 4.79 Å². The maximum atomic E-state index is 12.7. The summed E-state index contributed by atoms with van der Waals surface area (Å²) in [6.45, 7) is 3.56. The minimum atomic E-state index is -3.42. The molecule has 0 saturated carbocycles. The number of nitrogens with one attached hydrogen (secondary N) is 2. The number of nitrogens with zero attached hydrogens (tertiary/aromatic N) is 1. The molecule has 1 aliphatic heterocycles. The first kappa shape index (κ1) is 20.8. The Morgan fingerprint density at radius 2 is 1.86 bits per heavy atom. The molecule has 1 fully saturated rings. The van der Waals surface area contributed by atoms with Crippen LogP contribution in [0.1, 0.15) is 49.1 Å². The van der Waals surface area contributed by atoms with Crippen molar-refractivity contribution < 1.29 is 13.2 Å². The average molecular weight is 422 g/mol. The predicted octanol–water partition coefficient (Wildman–Crippen LogP) is 3.87. The summed E-state index contributed by atoms with van der Waals surface area (Å²) in [5, 5.41) is 7.81. The molecular formula is C20H27N3O3S2. The number of hydrogen-bond acceptors (Lipinski definition) is 4. The van der Waals surface area contributed by atoms with E-state index in [1.165, 1.54) is 0 Å². The van der Waals surface area contributed by atoms with Crippen LogP contribution in [-0.4, -0.2) is 31.8 Å². The SMILES string of the molecule is CCC(NC(=O)NCc1ccc(S(=O)(=O)N2CCCCC2)cc1)c1cccs1. The Morgan fingerprint density at radius 3 is 2.46 bits per heavy atom. The minimum Gasteiger partial charge on any atom is -0.334 e. The lowest BCUT2D eigenvalue weighted by Gasteiger charge is -2.25. The van der Waals surface area contributed by atoms with Gasteiger partial charge in [-0.25, -0.2) is 13.2 Å². The summed E-state index contributed by atoms with van der Waals surface area (Å²) >= 11 is 1.62. The fourth-order valence-electron chi connectivity index (χ4n) is 3.29. The number of amides is 2. The Kier molecular flexibility index (Phi) is 7.09. The highest BCUT2D eigenvalue weighted by atomic mass is 32.2. The van der Waals surface area contributed by atoms with Crippen LogP contribution in [0.2, 0.25) is 0 Å². The summed E-state index contributed by atoms with van der Waals surface area (Å²) in [6, 6.07) is 10.5. The maximum absolute atomic E-state index is 12.7. The van der Waals surface area contributed by atoms with Gasteiger partial charge in [0.25, 0.3) is 0 Å². The molecule has 0 bridgehead atoms. The molecule has 2 aromatic rings. The first-order chi connectivity index (χ1) is 13.5. The van der Waals surface area contributed by atoms with E-state index in [0.717, 1.165) is 36.1 Å². The lowest BCUT2D eigenvalue weighted by atomic mass is 10.2. The monoisotopic (exact) mass is 421 g/mol. The summed E-state index contributed by atoms with van der Waals surface area (Å²) in [4.78, 5) is 13.6. The van der Waals surface area contributed by atoms with Crippen molar-refractivity contribution in [1.82, 2.24) is 14.9 Å². The summed E-state index contributed by atoms with van der Waals surface area (Å²) in [5.74, 6) is 0. The molecule has 2 amide bonds. The Hall–Kier alpha value is -1.90. The summed E-state index contributed by atoms with van der Waals surface area (Å²) < 4.78 is 26.9. The largest absolute Gasteiger partial charge is 0.334 e. The van der Waals surface area contributed by atoms with Gasteiger partial charge >= 0.3 is 6.03 Å². The van der Waals surface area contributed by atoms with Crippen molar-refractivity contribution >= 4 is 27.4 Å². The number of carbonyl (C=O) groups excluding carboxylic acids is 1. The Balaban J connectivity index is 1.54. The number of hydrogen-bond donors (Lipinski definition) is 2. The molecule has 28 heavy (non-hydrogen) atoms. The Bertz CT molecular complexity index is 859. The lowest BCUT2D eigenvalue weighted by Crippen LogP contribution is -2.37. The Morgan fingerprint density at radius 1 is 1.14 bits per heavy atom. The maximum Gasteiger partial charge on any atom is 0.315 e. The highest BCUT2D eigenvalue weighted by molar-refractivity contribution is 7.89. The number of rotatable bonds is 7. The molecule has 1 aromatic heterocycles. The lowest BCUT2D eigenvalue weighted by molar-refractivity contribution is 0.236. The molecule has 152 valence electrons. The molecule has 1 saturated heterocycles. The van der Waals surface area contributed by atoms with Crippen molar-refractivity contribution in [2.45, 2.75) is 50.1 Å². The van der Waals surface area contributed by atoms with E-state index in [4.69, 9.17) is 0 Å². The van der Waals surface area contributed by atoms with E-state index in [0.29, 0.717) is 24.5 Å². The Labute approximate surface area is 171 Å². The van der Waals surface area contributed by atoms with Crippen LogP contribution in [0.3, 0.4) is 0 Å². The van der Waals surface area contributed by atoms with Crippen molar-refractivity contribution in [3.63, 3.8) is 0 Å². The first-order valence-electron chi connectivity index (χ1n) is 9.67. The van der Waals surface area contributed by atoms with Gasteiger partial charge in [-0.15, -0.1) is 11.3 Å². The third kappa shape index (κ3) is 5.12. The zero-order valence-electron chi connectivity index (χ0n) is 16.1. The van der Waals surface area contributed by atoms with E-state index in [1.807, 2.05) is 24.4 Å². The van der Waals surface area contributed by atoms with Crippen molar-refractivity contribution in [3.8, 4) is 0 Å². The van der Waals surface area contributed by atoms with Gasteiger partial charge in [-0.05, 0) is 48.4 Å². The highest BCUT2D eigenvalue weighted by Crippen LogP contribution is 2.22. The van der Waals surface area contributed by atoms with E-state index in [-0.39, 0.29) is 12.1 Å². The molecular weight excluding hydrogens is 394 g/mol. The van der Waals surface area contributed by atoms with E-state index < -0.39 is 10.0 Å². The number of piperidine rings is 1. The first-order valence-corrected chi connectivity index (χ1v) is 12.0. The van der Waals surface area contributed by atoms with E-state index in [2.05, 4.69) is 10.6 Å². The second-order valence-corrected chi connectivity index (χ2v) is 9.83. The molecule has 1 atom stereocenters. The minimum absolute atomic E-state index is 0.00272. The van der Waals surface area contributed by atoms with Gasteiger partial charge in [-0.2, -0.15) is 4.31 Å². The number of carbonyl (C=O) groups is 1. The second-order valence-electron chi connectivity index (χ2n) is 6.91. The van der Waals surface area contributed by atoms with Crippen molar-refractivity contribution in [2.24, 2.45) is 0 Å². The van der Waals surface area contributed by atoms with Gasteiger partial charge in [0.15, 0.2) is 0 Å². The van der Waals surface area contributed by atoms with Gasteiger partial charge in [-0.1, -0.05) is 31.5 Å². The summed E-state index contributed by atoms with van der Waals surface area (Å²) in [6.07, 6.45) is 3.74. The molecule has 1 unspecified atom stereocenters. The molecule has 2 heterocycles. The summed E-state index contributed by atoms with van der Waals surface area (Å²) in [5.41, 5.74) is 0.858. The topological polar surface area (TPSA) is 78.5 Å². The van der Waals surface area contributed by atoms with Crippen LogP contribution >= 0.6 is 11.3 Å². The number of sulfonamides is 1. The molecule has 1 aromatic carbocycles. The van der Waals surface area contributed by atoms with E-state index >= 15 is 0 Å². The van der Waals surface area contributed by atoms with Gasteiger partial charge in [0, 0.05) is 24.5 Å². The van der Waals surface area contributed by atoms with E-state index in [1.54, 1.807) is 39.9 Å². The van der Waals surface area contributed by atoms with Crippen LogP contribution in [0, 0.1) is 0 Å². The molecule has 1 aliphatic rings. The zero-order valence-corrected chi connectivity index (χ0v) is 17.7. The quantitative estimate of drug-likeness (QED) is 0.712. The molecule has 0 radical (unpaired) electrons. The molecule has 0 spiro atoms. The number of benzene rings is 1. The molecule has 6 nitrogen and oxygen atoms in total.